The van der Waals surface area contributed by atoms with Gasteiger partial charge >= 0.3 is 0 Å². The van der Waals surface area contributed by atoms with Crippen molar-refractivity contribution in [3.63, 3.8) is 0 Å². The van der Waals surface area contributed by atoms with Crippen molar-refractivity contribution in [2.75, 3.05) is 7.11 Å². The van der Waals surface area contributed by atoms with E-state index in [1.807, 2.05) is 0 Å². The normalized spacial score (nSPS) is 27.0. The Kier molecular flexibility index (Phi) is 0.648. The fraction of sp³-hybridized carbons (Fsp3) is 1.00. The molecule has 0 heterocycles. The Bertz CT molecular complexity index is 56.6. The van der Waals surface area contributed by atoms with Gasteiger partial charge in [-0.15, -0.1) is 0 Å². The average molecular weight is 87.1 g/mol. The van der Waals surface area contributed by atoms with E-state index < -0.39 is 5.79 Å². The highest BCUT2D eigenvalue weighted by molar-refractivity contribution is 4.81. The smallest absolute Gasteiger partial charge is 0.201 e. The first-order valence-corrected chi connectivity index (χ1v) is 2.02. The third-order valence-electron chi connectivity index (χ3n) is 1.03. The van der Waals surface area contributed by atoms with Crippen LogP contribution in [-0.4, -0.2) is 12.9 Å². The molecule has 0 aromatic heterocycles. The first-order valence-electron chi connectivity index (χ1n) is 2.02. The molecule has 0 saturated heterocycles. The molecule has 0 N–H and O–H groups in total. The molecular formula is C4H7O2. The van der Waals surface area contributed by atoms with Crippen molar-refractivity contribution in [1.82, 2.24) is 0 Å². The van der Waals surface area contributed by atoms with Crippen LogP contribution in [0.15, 0.2) is 0 Å². The van der Waals surface area contributed by atoms with Crippen LogP contribution in [0.3, 0.4) is 0 Å². The van der Waals surface area contributed by atoms with E-state index in [1.165, 1.54) is 7.11 Å². The van der Waals surface area contributed by atoms with E-state index in [9.17, 15) is 5.11 Å². The highest BCUT2D eigenvalue weighted by Crippen LogP contribution is 2.35. The van der Waals surface area contributed by atoms with Gasteiger partial charge in [-0.25, -0.2) is 0 Å². The monoisotopic (exact) mass is 87.0 g/mol. The molecule has 2 nitrogen and oxygen atoms in total. The maximum atomic E-state index is 10.4. The molecule has 1 rings (SSSR count). The van der Waals surface area contributed by atoms with Crippen molar-refractivity contribution in [3.05, 3.63) is 0 Å². The van der Waals surface area contributed by atoms with Crippen molar-refractivity contribution >= 4 is 0 Å². The first kappa shape index (κ1) is 4.09. The number of rotatable bonds is 1. The molecule has 0 atom stereocenters. The third kappa shape index (κ3) is 0.533. The van der Waals surface area contributed by atoms with Crippen LogP contribution in [-0.2, 0) is 9.84 Å². The zero-order valence-electron chi connectivity index (χ0n) is 3.73. The van der Waals surface area contributed by atoms with E-state index in [-0.39, 0.29) is 0 Å². The molecular weight excluding hydrogens is 80.0 g/mol. The number of ether oxygens (including phenoxy) is 1. The van der Waals surface area contributed by atoms with E-state index in [4.69, 9.17) is 0 Å². The summed E-state index contributed by atoms with van der Waals surface area (Å²) < 4.78 is 4.49. The fourth-order valence-corrected chi connectivity index (χ4v) is 0.306. The fourth-order valence-electron chi connectivity index (χ4n) is 0.306. The zero-order chi connectivity index (χ0) is 4.62. The Balaban J connectivity index is 2.28. The van der Waals surface area contributed by atoms with Crippen LogP contribution < -0.4 is 0 Å². The van der Waals surface area contributed by atoms with E-state index >= 15 is 0 Å². The van der Waals surface area contributed by atoms with Gasteiger partial charge in [0, 0.05) is 20.0 Å². The second kappa shape index (κ2) is 0.950. The molecule has 0 aromatic rings. The van der Waals surface area contributed by atoms with Gasteiger partial charge in [0.15, 0.2) is 0 Å². The Morgan fingerprint density at radius 3 is 2.17 bits per heavy atom. The minimum absolute atomic E-state index is 0.698. The van der Waals surface area contributed by atoms with Crippen molar-refractivity contribution in [2.45, 2.75) is 18.6 Å². The summed E-state index contributed by atoms with van der Waals surface area (Å²) in [6, 6.07) is 0. The molecule has 1 aliphatic rings. The predicted molar refractivity (Wildman–Crippen MR) is 19.7 cm³/mol. The Hall–Kier alpha value is -0.0800. The van der Waals surface area contributed by atoms with Gasteiger partial charge in [0.05, 0.1) is 0 Å². The maximum absolute atomic E-state index is 10.4. The van der Waals surface area contributed by atoms with Gasteiger partial charge in [-0.05, 0) is 0 Å². The Morgan fingerprint density at radius 2 is 2.17 bits per heavy atom. The van der Waals surface area contributed by atoms with Gasteiger partial charge in [0.2, 0.25) is 5.79 Å². The van der Waals surface area contributed by atoms with Crippen LogP contribution in [0.2, 0.25) is 0 Å². The molecule has 0 amide bonds. The van der Waals surface area contributed by atoms with Gasteiger partial charge < -0.3 is 4.74 Å². The second-order valence-electron chi connectivity index (χ2n) is 1.61. The van der Waals surface area contributed by atoms with Crippen molar-refractivity contribution in [1.29, 1.82) is 0 Å². The molecule has 1 fully saturated rings. The van der Waals surface area contributed by atoms with E-state index in [0.717, 1.165) is 0 Å². The van der Waals surface area contributed by atoms with Crippen LogP contribution in [0.5, 0.6) is 0 Å². The van der Waals surface area contributed by atoms with Crippen molar-refractivity contribution < 1.29 is 9.84 Å². The highest BCUT2D eigenvalue weighted by atomic mass is 16.6. The lowest BCUT2D eigenvalue weighted by atomic mass is 10.7. The summed E-state index contributed by atoms with van der Waals surface area (Å²) in [6.45, 7) is 0. The van der Waals surface area contributed by atoms with Gasteiger partial charge in [-0.2, -0.15) is 5.11 Å². The first-order chi connectivity index (χ1) is 2.77. The number of methoxy groups -OCH3 is 1. The maximum Gasteiger partial charge on any atom is 0.201 e. The van der Waals surface area contributed by atoms with Crippen LogP contribution in [0.4, 0.5) is 0 Å². The Labute approximate surface area is 36.7 Å². The van der Waals surface area contributed by atoms with Crippen LogP contribution >= 0.6 is 0 Å². The summed E-state index contributed by atoms with van der Waals surface area (Å²) >= 11 is 0. The van der Waals surface area contributed by atoms with Crippen LogP contribution in [0.1, 0.15) is 12.8 Å². The minimum atomic E-state index is -0.958. The topological polar surface area (TPSA) is 29.1 Å². The molecule has 2 heteroatoms. The predicted octanol–water partition coefficient (Wildman–Crippen LogP) is 0.553. The lowest BCUT2D eigenvalue weighted by molar-refractivity contribution is -0.145. The van der Waals surface area contributed by atoms with Gasteiger partial charge in [-0.1, -0.05) is 0 Å². The summed E-state index contributed by atoms with van der Waals surface area (Å²) in [7, 11) is 1.46. The van der Waals surface area contributed by atoms with E-state index in [2.05, 4.69) is 4.74 Å². The van der Waals surface area contributed by atoms with E-state index in [0.29, 0.717) is 12.8 Å². The third-order valence-corrected chi connectivity index (χ3v) is 1.03. The lowest BCUT2D eigenvalue weighted by Gasteiger charge is -1.95. The quantitative estimate of drug-likeness (QED) is 0.429. The van der Waals surface area contributed by atoms with E-state index in [1.54, 1.807) is 0 Å². The average Bonchev–Trinajstić information content (AvgIpc) is 2.22. The summed E-state index contributed by atoms with van der Waals surface area (Å²) in [5.41, 5.74) is 0. The molecule has 0 aromatic carbocycles. The van der Waals surface area contributed by atoms with Gasteiger partial charge in [-0.3, -0.25) is 0 Å². The summed E-state index contributed by atoms with van der Waals surface area (Å²) in [4.78, 5) is 0. The molecule has 0 spiro atoms. The highest BCUT2D eigenvalue weighted by Gasteiger charge is 2.42. The molecule has 1 aliphatic carbocycles. The van der Waals surface area contributed by atoms with Crippen LogP contribution in [0, 0.1) is 0 Å². The molecule has 0 unspecified atom stereocenters. The lowest BCUT2D eigenvalue weighted by Crippen LogP contribution is -2.05. The van der Waals surface area contributed by atoms with Gasteiger partial charge in [0.25, 0.3) is 0 Å². The largest absolute Gasteiger partial charge is 0.351 e. The summed E-state index contributed by atoms with van der Waals surface area (Å²) in [5.74, 6) is -0.958. The molecule has 1 saturated carbocycles. The second-order valence-corrected chi connectivity index (χ2v) is 1.61. The van der Waals surface area contributed by atoms with Crippen molar-refractivity contribution in [3.8, 4) is 0 Å². The molecule has 0 aliphatic heterocycles. The molecule has 0 bridgehead atoms. The Morgan fingerprint density at radius 1 is 1.67 bits per heavy atom. The van der Waals surface area contributed by atoms with Crippen LogP contribution in [0.25, 0.3) is 0 Å². The summed E-state index contributed by atoms with van der Waals surface area (Å²) in [6.07, 6.45) is 1.40. The SMILES string of the molecule is COC1([O])CC1. The van der Waals surface area contributed by atoms with Crippen molar-refractivity contribution in [2.24, 2.45) is 0 Å². The molecule has 1 radical (unpaired) electrons. The summed E-state index contributed by atoms with van der Waals surface area (Å²) in [5, 5.41) is 10.4. The standard InChI is InChI=1S/C4H7O2/c1-6-4(5)2-3-4/h2-3H2,1H3. The minimum Gasteiger partial charge on any atom is -0.351 e. The van der Waals surface area contributed by atoms with Gasteiger partial charge in [0.1, 0.15) is 0 Å². The number of hydrogen-bond acceptors (Lipinski definition) is 1. The molecule has 6 heavy (non-hydrogen) atoms. The number of hydrogen-bond donors (Lipinski definition) is 0. The molecule has 35 valence electrons. The zero-order valence-corrected chi connectivity index (χ0v) is 3.73.